The minimum Gasteiger partial charge on any atom is -0.481 e. The predicted octanol–water partition coefficient (Wildman–Crippen LogP) is 3.07. The number of aromatic nitrogens is 1. The number of benzene rings is 1. The van der Waals surface area contributed by atoms with E-state index < -0.39 is 0 Å². The Hall–Kier alpha value is -2.36. The van der Waals surface area contributed by atoms with Crippen LogP contribution in [0.25, 0.3) is 0 Å². The fraction of sp³-hybridized carbons (Fsp3) is 0.250. The first-order chi connectivity index (χ1) is 9.65. The number of hydrogen-bond donors (Lipinski definition) is 0. The normalized spacial score (nSPS) is 10.2. The van der Waals surface area contributed by atoms with Gasteiger partial charge in [0.2, 0.25) is 5.88 Å². The molecule has 0 bridgehead atoms. The first-order valence-corrected chi connectivity index (χ1v) is 6.54. The van der Waals surface area contributed by atoms with E-state index >= 15 is 0 Å². The molecule has 0 saturated heterocycles. The first-order valence-electron chi connectivity index (χ1n) is 6.54. The summed E-state index contributed by atoms with van der Waals surface area (Å²) in [5.41, 5.74) is 2.59. The predicted molar refractivity (Wildman–Crippen MR) is 79.3 cm³/mol. The van der Waals surface area contributed by atoms with Crippen LogP contribution in [0, 0.1) is 6.92 Å². The second-order valence-electron chi connectivity index (χ2n) is 4.48. The number of nitrogens with zero attached hydrogens (tertiary/aromatic N) is 2. The van der Waals surface area contributed by atoms with Crippen molar-refractivity contribution >= 4 is 11.6 Å². The zero-order valence-corrected chi connectivity index (χ0v) is 12.0. The Bertz CT molecular complexity index is 611. The number of aryl methyl sites for hydroxylation is 1. The molecular weight excluding hydrogens is 252 g/mol. The molecule has 1 aromatic heterocycles. The van der Waals surface area contributed by atoms with Crippen molar-refractivity contribution in [2.45, 2.75) is 13.8 Å². The van der Waals surface area contributed by atoms with Crippen molar-refractivity contribution < 1.29 is 9.53 Å². The molecule has 2 aromatic rings. The van der Waals surface area contributed by atoms with Crippen LogP contribution in [-0.4, -0.2) is 24.5 Å². The zero-order chi connectivity index (χ0) is 14.5. The maximum Gasteiger partial charge on any atom is 0.258 e. The molecule has 2 rings (SSSR count). The summed E-state index contributed by atoms with van der Waals surface area (Å²) in [4.78, 5) is 18.4. The number of anilines is 1. The Balaban J connectivity index is 2.33. The van der Waals surface area contributed by atoms with E-state index in [9.17, 15) is 4.79 Å². The maximum absolute atomic E-state index is 12.6. The van der Waals surface area contributed by atoms with Crippen molar-refractivity contribution in [2.24, 2.45) is 0 Å². The lowest BCUT2D eigenvalue weighted by Crippen LogP contribution is -2.30. The van der Waals surface area contributed by atoms with Gasteiger partial charge in [0, 0.05) is 30.1 Å². The molecule has 104 valence electrons. The second kappa shape index (κ2) is 6.19. The molecule has 1 amide bonds. The van der Waals surface area contributed by atoms with Gasteiger partial charge in [-0.25, -0.2) is 4.98 Å². The minimum atomic E-state index is -0.0567. The number of pyridine rings is 1. The van der Waals surface area contributed by atoms with Gasteiger partial charge in [-0.2, -0.15) is 0 Å². The molecule has 0 fully saturated rings. The summed E-state index contributed by atoms with van der Waals surface area (Å²) in [6, 6.07) is 11.3. The molecule has 0 saturated carbocycles. The molecule has 0 spiro atoms. The third-order valence-electron chi connectivity index (χ3n) is 3.07. The summed E-state index contributed by atoms with van der Waals surface area (Å²) in [7, 11) is 1.54. The van der Waals surface area contributed by atoms with Gasteiger partial charge in [-0.3, -0.25) is 4.79 Å². The summed E-state index contributed by atoms with van der Waals surface area (Å²) in [5.74, 6) is 0.384. The van der Waals surface area contributed by atoms with Gasteiger partial charge in [0.1, 0.15) is 0 Å². The van der Waals surface area contributed by atoms with E-state index in [4.69, 9.17) is 4.74 Å². The highest BCUT2D eigenvalue weighted by molar-refractivity contribution is 6.06. The molecule has 0 unspecified atom stereocenters. The first kappa shape index (κ1) is 14.1. The van der Waals surface area contributed by atoms with Gasteiger partial charge < -0.3 is 9.64 Å². The lowest BCUT2D eigenvalue weighted by atomic mass is 10.1. The molecule has 0 radical (unpaired) electrons. The summed E-state index contributed by atoms with van der Waals surface area (Å²) < 4.78 is 5.06. The molecular formula is C16H18N2O2. The van der Waals surface area contributed by atoms with Gasteiger partial charge in [0.15, 0.2) is 0 Å². The molecule has 20 heavy (non-hydrogen) atoms. The van der Waals surface area contributed by atoms with E-state index in [-0.39, 0.29) is 5.91 Å². The topological polar surface area (TPSA) is 42.4 Å². The Morgan fingerprint density at radius 1 is 1.30 bits per heavy atom. The summed E-state index contributed by atoms with van der Waals surface area (Å²) >= 11 is 0. The minimum absolute atomic E-state index is 0.0567. The standard InChI is InChI=1S/C16H18N2O2/c1-4-18(14-7-5-6-12(2)10-14)16(19)13-8-9-17-15(11-13)20-3/h5-11H,4H2,1-3H3. The van der Waals surface area contributed by atoms with Crippen molar-refractivity contribution in [3.8, 4) is 5.88 Å². The van der Waals surface area contributed by atoms with E-state index in [1.54, 1.807) is 23.2 Å². The van der Waals surface area contributed by atoms with E-state index in [2.05, 4.69) is 4.98 Å². The molecule has 4 nitrogen and oxygen atoms in total. The van der Waals surface area contributed by atoms with Crippen LogP contribution in [0.2, 0.25) is 0 Å². The largest absolute Gasteiger partial charge is 0.481 e. The molecule has 0 aliphatic carbocycles. The number of carbonyl (C=O) groups excluding carboxylic acids is 1. The lowest BCUT2D eigenvalue weighted by Gasteiger charge is -2.21. The molecule has 1 aromatic carbocycles. The molecule has 1 heterocycles. The SMILES string of the molecule is CCN(C(=O)c1ccnc(OC)c1)c1cccc(C)c1. The number of methoxy groups -OCH3 is 1. The van der Waals surface area contributed by atoms with Crippen LogP contribution in [0.5, 0.6) is 5.88 Å². The molecule has 0 atom stereocenters. The molecule has 4 heteroatoms. The van der Waals surface area contributed by atoms with Crippen LogP contribution in [0.1, 0.15) is 22.8 Å². The van der Waals surface area contributed by atoms with Gasteiger partial charge in [-0.05, 0) is 37.6 Å². The Morgan fingerprint density at radius 3 is 2.75 bits per heavy atom. The summed E-state index contributed by atoms with van der Waals surface area (Å²) in [5, 5.41) is 0. The average molecular weight is 270 g/mol. The van der Waals surface area contributed by atoms with Gasteiger partial charge in [-0.1, -0.05) is 12.1 Å². The van der Waals surface area contributed by atoms with Crippen molar-refractivity contribution in [3.05, 3.63) is 53.7 Å². The fourth-order valence-corrected chi connectivity index (χ4v) is 2.05. The Morgan fingerprint density at radius 2 is 2.10 bits per heavy atom. The smallest absolute Gasteiger partial charge is 0.258 e. The van der Waals surface area contributed by atoms with Crippen molar-refractivity contribution in [1.29, 1.82) is 0 Å². The number of rotatable bonds is 4. The van der Waals surface area contributed by atoms with Crippen LogP contribution in [-0.2, 0) is 0 Å². The maximum atomic E-state index is 12.6. The quantitative estimate of drug-likeness (QED) is 0.857. The summed E-state index contributed by atoms with van der Waals surface area (Å²) in [6.45, 7) is 4.57. The molecule has 0 aliphatic rings. The Labute approximate surface area is 119 Å². The fourth-order valence-electron chi connectivity index (χ4n) is 2.05. The van der Waals surface area contributed by atoms with Crippen molar-refractivity contribution in [3.63, 3.8) is 0 Å². The van der Waals surface area contributed by atoms with Crippen LogP contribution in [0.3, 0.4) is 0 Å². The second-order valence-corrected chi connectivity index (χ2v) is 4.48. The number of amides is 1. The van der Waals surface area contributed by atoms with Gasteiger partial charge in [-0.15, -0.1) is 0 Å². The van der Waals surface area contributed by atoms with Crippen LogP contribution >= 0.6 is 0 Å². The average Bonchev–Trinajstić information content (AvgIpc) is 2.48. The highest BCUT2D eigenvalue weighted by atomic mass is 16.5. The lowest BCUT2D eigenvalue weighted by molar-refractivity contribution is 0.0988. The molecule has 0 aliphatic heterocycles. The van der Waals surface area contributed by atoms with Gasteiger partial charge in [0.05, 0.1) is 7.11 Å². The third-order valence-corrected chi connectivity index (χ3v) is 3.07. The van der Waals surface area contributed by atoms with Crippen LogP contribution in [0.4, 0.5) is 5.69 Å². The van der Waals surface area contributed by atoms with Gasteiger partial charge >= 0.3 is 0 Å². The van der Waals surface area contributed by atoms with E-state index in [1.165, 1.54) is 7.11 Å². The zero-order valence-electron chi connectivity index (χ0n) is 12.0. The van der Waals surface area contributed by atoms with E-state index in [0.717, 1.165) is 11.3 Å². The van der Waals surface area contributed by atoms with E-state index in [0.29, 0.717) is 18.0 Å². The third kappa shape index (κ3) is 2.96. The van der Waals surface area contributed by atoms with Crippen LogP contribution < -0.4 is 9.64 Å². The molecule has 0 N–H and O–H groups in total. The highest BCUT2D eigenvalue weighted by Gasteiger charge is 2.16. The van der Waals surface area contributed by atoms with Crippen LogP contribution in [0.15, 0.2) is 42.6 Å². The van der Waals surface area contributed by atoms with Crippen molar-refractivity contribution in [2.75, 3.05) is 18.6 Å². The van der Waals surface area contributed by atoms with Gasteiger partial charge in [0.25, 0.3) is 5.91 Å². The number of hydrogen-bond acceptors (Lipinski definition) is 3. The monoisotopic (exact) mass is 270 g/mol. The highest BCUT2D eigenvalue weighted by Crippen LogP contribution is 2.19. The Kier molecular flexibility index (Phi) is 4.35. The summed E-state index contributed by atoms with van der Waals surface area (Å²) in [6.07, 6.45) is 1.58. The van der Waals surface area contributed by atoms with Crippen molar-refractivity contribution in [1.82, 2.24) is 4.98 Å². The number of ether oxygens (including phenoxy) is 1. The van der Waals surface area contributed by atoms with E-state index in [1.807, 2.05) is 38.1 Å². The number of carbonyl (C=O) groups is 1.